The number of carbonyl (C=O) groups is 1. The Morgan fingerprint density at radius 1 is 1.14 bits per heavy atom. The first-order chi connectivity index (χ1) is 10.1. The molecule has 0 atom stereocenters. The van der Waals surface area contributed by atoms with Crippen LogP contribution in [0, 0.1) is 25.7 Å². The molecule has 0 aliphatic carbocycles. The molecule has 2 rings (SSSR count). The number of amides is 1. The van der Waals surface area contributed by atoms with E-state index in [-0.39, 0.29) is 12.5 Å². The normalized spacial score (nSPS) is 9.67. The second kappa shape index (κ2) is 6.74. The number of aliphatic hydroxyl groups is 1. The summed E-state index contributed by atoms with van der Waals surface area (Å²) in [4.78, 5) is 12.4. The van der Waals surface area contributed by atoms with E-state index in [9.17, 15) is 4.79 Å². The summed E-state index contributed by atoms with van der Waals surface area (Å²) in [5, 5.41) is 11.7. The number of nitrogens with one attached hydrogen (secondary N) is 1. The molecule has 1 amide bonds. The van der Waals surface area contributed by atoms with E-state index in [0.717, 1.165) is 16.8 Å². The minimum absolute atomic E-state index is 0.202. The van der Waals surface area contributed by atoms with Gasteiger partial charge in [-0.3, -0.25) is 4.79 Å². The van der Waals surface area contributed by atoms with Gasteiger partial charge in [-0.05, 0) is 43.2 Å². The molecule has 2 aromatic rings. The van der Waals surface area contributed by atoms with Gasteiger partial charge in [-0.15, -0.1) is 0 Å². The molecule has 2 N–H and O–H groups in total. The number of anilines is 1. The van der Waals surface area contributed by atoms with Gasteiger partial charge in [0.25, 0.3) is 5.91 Å². The van der Waals surface area contributed by atoms with E-state index >= 15 is 0 Å². The predicted molar refractivity (Wildman–Crippen MR) is 84.3 cm³/mol. The molecule has 0 aromatic heterocycles. The Morgan fingerprint density at radius 3 is 2.67 bits per heavy atom. The van der Waals surface area contributed by atoms with Crippen LogP contribution in [0.1, 0.15) is 27.0 Å². The molecule has 0 fully saturated rings. The molecule has 3 nitrogen and oxygen atoms in total. The van der Waals surface area contributed by atoms with E-state index in [4.69, 9.17) is 5.11 Å². The van der Waals surface area contributed by atoms with Crippen molar-refractivity contribution in [3.63, 3.8) is 0 Å². The molecule has 0 aliphatic heterocycles. The van der Waals surface area contributed by atoms with Gasteiger partial charge in [-0.1, -0.05) is 36.1 Å². The van der Waals surface area contributed by atoms with E-state index in [0.29, 0.717) is 11.1 Å². The number of hydrogen-bond donors (Lipinski definition) is 2. The molecule has 0 bridgehead atoms. The summed E-state index contributed by atoms with van der Waals surface area (Å²) in [6.45, 7) is 3.75. The lowest BCUT2D eigenvalue weighted by Gasteiger charge is -2.11. The summed E-state index contributed by atoms with van der Waals surface area (Å²) in [5.74, 6) is 5.16. The Bertz CT molecular complexity index is 723. The highest BCUT2D eigenvalue weighted by Gasteiger charge is 2.11. The summed E-state index contributed by atoms with van der Waals surface area (Å²) >= 11 is 0. The molecule has 0 aliphatic rings. The van der Waals surface area contributed by atoms with Crippen molar-refractivity contribution in [2.75, 3.05) is 11.9 Å². The quantitative estimate of drug-likeness (QED) is 0.830. The lowest BCUT2D eigenvalue weighted by atomic mass is 10.1. The first kappa shape index (κ1) is 14.8. The van der Waals surface area contributed by atoms with Crippen molar-refractivity contribution in [2.24, 2.45) is 0 Å². The predicted octanol–water partition coefficient (Wildman–Crippen LogP) is 2.90. The number of carbonyl (C=O) groups excluding carboxylic acids is 1. The Hall–Kier alpha value is -2.57. The molecule has 21 heavy (non-hydrogen) atoms. The van der Waals surface area contributed by atoms with E-state index < -0.39 is 0 Å². The molecular formula is C18H17NO2. The van der Waals surface area contributed by atoms with Gasteiger partial charge in [0.1, 0.15) is 6.61 Å². The van der Waals surface area contributed by atoms with Gasteiger partial charge in [-0.25, -0.2) is 0 Å². The molecule has 0 saturated carbocycles. The van der Waals surface area contributed by atoms with Crippen LogP contribution < -0.4 is 5.32 Å². The minimum atomic E-state index is -0.229. The molecule has 106 valence electrons. The average Bonchev–Trinajstić information content (AvgIpc) is 2.50. The highest BCUT2D eigenvalue weighted by molar-refractivity contribution is 6.06. The summed E-state index contributed by atoms with van der Waals surface area (Å²) in [6, 6.07) is 12.9. The van der Waals surface area contributed by atoms with Crippen LogP contribution in [0.5, 0.6) is 0 Å². The maximum Gasteiger partial charge on any atom is 0.256 e. The van der Waals surface area contributed by atoms with E-state index in [1.54, 1.807) is 18.2 Å². The first-order valence-corrected chi connectivity index (χ1v) is 6.70. The fraction of sp³-hybridized carbons (Fsp3) is 0.167. The summed E-state index contributed by atoms with van der Waals surface area (Å²) < 4.78 is 0. The molecule has 2 aromatic carbocycles. The second-order valence-electron chi connectivity index (χ2n) is 4.71. The Labute approximate surface area is 124 Å². The van der Waals surface area contributed by atoms with Crippen LogP contribution in [-0.2, 0) is 0 Å². The van der Waals surface area contributed by atoms with Crippen LogP contribution in [0.3, 0.4) is 0 Å². The third-order valence-corrected chi connectivity index (χ3v) is 3.33. The third kappa shape index (κ3) is 3.50. The smallest absolute Gasteiger partial charge is 0.256 e. The first-order valence-electron chi connectivity index (χ1n) is 6.70. The maximum absolute atomic E-state index is 12.4. The van der Waals surface area contributed by atoms with Gasteiger partial charge in [0.2, 0.25) is 0 Å². The van der Waals surface area contributed by atoms with E-state index in [1.165, 1.54) is 0 Å². The number of rotatable bonds is 2. The average molecular weight is 279 g/mol. The summed E-state index contributed by atoms with van der Waals surface area (Å²) in [6.07, 6.45) is 0. The third-order valence-electron chi connectivity index (χ3n) is 3.33. The number of benzene rings is 2. The highest BCUT2D eigenvalue weighted by Crippen LogP contribution is 2.19. The summed E-state index contributed by atoms with van der Waals surface area (Å²) in [5.41, 5.74) is 4.07. The van der Waals surface area contributed by atoms with E-state index in [2.05, 4.69) is 17.2 Å². The topological polar surface area (TPSA) is 49.3 Å². The zero-order chi connectivity index (χ0) is 15.2. The van der Waals surface area contributed by atoms with Crippen LogP contribution >= 0.6 is 0 Å². The van der Waals surface area contributed by atoms with Gasteiger partial charge in [0.15, 0.2) is 0 Å². The van der Waals surface area contributed by atoms with Gasteiger partial charge in [-0.2, -0.15) is 0 Å². The number of aryl methyl sites for hydroxylation is 1. The standard InChI is InChI=1S/C18H17NO2/c1-13-7-5-11-17(14(13)2)19-18(21)16-10-4-3-8-15(16)9-6-12-20/h3-5,7-8,10-11,20H,12H2,1-2H3,(H,19,21). The number of hydrogen-bond acceptors (Lipinski definition) is 2. The Morgan fingerprint density at radius 2 is 1.90 bits per heavy atom. The number of aliphatic hydroxyl groups excluding tert-OH is 1. The molecule has 0 heterocycles. The Kier molecular flexibility index (Phi) is 4.76. The molecule has 0 unspecified atom stereocenters. The lowest BCUT2D eigenvalue weighted by molar-refractivity contribution is 0.102. The van der Waals surface area contributed by atoms with Gasteiger partial charge >= 0.3 is 0 Å². The minimum Gasteiger partial charge on any atom is -0.384 e. The van der Waals surface area contributed by atoms with Crippen molar-refractivity contribution >= 4 is 11.6 Å². The van der Waals surface area contributed by atoms with Crippen LogP contribution in [-0.4, -0.2) is 17.6 Å². The van der Waals surface area contributed by atoms with Gasteiger partial charge in [0, 0.05) is 11.3 Å². The SMILES string of the molecule is Cc1cccc(NC(=O)c2ccccc2C#CCO)c1C. The largest absolute Gasteiger partial charge is 0.384 e. The van der Waals surface area contributed by atoms with Crippen molar-refractivity contribution < 1.29 is 9.90 Å². The molecule has 0 spiro atoms. The van der Waals surface area contributed by atoms with E-state index in [1.807, 2.05) is 38.1 Å². The molecule has 0 saturated heterocycles. The zero-order valence-corrected chi connectivity index (χ0v) is 12.1. The maximum atomic E-state index is 12.4. The fourth-order valence-electron chi connectivity index (χ4n) is 2.00. The van der Waals surface area contributed by atoms with Gasteiger partial charge < -0.3 is 10.4 Å². The molecule has 0 radical (unpaired) electrons. The second-order valence-corrected chi connectivity index (χ2v) is 4.71. The Balaban J connectivity index is 2.31. The molecule has 3 heteroatoms. The van der Waals surface area contributed by atoms with Crippen molar-refractivity contribution in [1.82, 2.24) is 0 Å². The van der Waals surface area contributed by atoms with Crippen molar-refractivity contribution in [3.05, 3.63) is 64.7 Å². The van der Waals surface area contributed by atoms with Crippen molar-refractivity contribution in [3.8, 4) is 11.8 Å². The van der Waals surface area contributed by atoms with Crippen LogP contribution in [0.15, 0.2) is 42.5 Å². The lowest BCUT2D eigenvalue weighted by Crippen LogP contribution is -2.14. The van der Waals surface area contributed by atoms with Crippen LogP contribution in [0.4, 0.5) is 5.69 Å². The van der Waals surface area contributed by atoms with Crippen LogP contribution in [0.25, 0.3) is 0 Å². The summed E-state index contributed by atoms with van der Waals surface area (Å²) in [7, 11) is 0. The van der Waals surface area contributed by atoms with Crippen molar-refractivity contribution in [1.29, 1.82) is 0 Å². The van der Waals surface area contributed by atoms with Crippen molar-refractivity contribution in [2.45, 2.75) is 13.8 Å². The monoisotopic (exact) mass is 279 g/mol. The van der Waals surface area contributed by atoms with Crippen LogP contribution in [0.2, 0.25) is 0 Å². The zero-order valence-electron chi connectivity index (χ0n) is 12.1. The highest BCUT2D eigenvalue weighted by atomic mass is 16.2. The van der Waals surface area contributed by atoms with Gasteiger partial charge in [0.05, 0.1) is 5.56 Å². The fourth-order valence-corrected chi connectivity index (χ4v) is 2.00. The molecular weight excluding hydrogens is 262 g/mol.